The minimum absolute atomic E-state index is 0.196. The van der Waals surface area contributed by atoms with E-state index in [1.54, 1.807) is 0 Å². The maximum absolute atomic E-state index is 10.1. The van der Waals surface area contributed by atoms with Crippen molar-refractivity contribution in [3.05, 3.63) is 0 Å². The number of carbonyl (C=O) groups is 1. The van der Waals surface area contributed by atoms with Crippen LogP contribution in [0.1, 0.15) is 20.8 Å². The zero-order valence-corrected chi connectivity index (χ0v) is 8.69. The number of rotatable bonds is 2. The minimum atomic E-state index is -4.64. The Bertz CT molecular complexity index is 175. The summed E-state index contributed by atoms with van der Waals surface area (Å²) in [6.45, 7) is 5.96. The molecule has 0 radical (unpaired) electrons. The number of hydrogen-bond acceptors (Lipinski definition) is 3. The van der Waals surface area contributed by atoms with E-state index in [-0.39, 0.29) is 5.97 Å². The van der Waals surface area contributed by atoms with E-state index >= 15 is 0 Å². The molecule has 0 fully saturated rings. The van der Waals surface area contributed by atoms with Gasteiger partial charge >= 0.3 is 13.8 Å². The van der Waals surface area contributed by atoms with E-state index in [1.807, 2.05) is 13.8 Å². The van der Waals surface area contributed by atoms with E-state index in [9.17, 15) is 4.79 Å². The SMILES string of the molecule is CC(=O)OCC(C)C.O=P(O)(O)O. The van der Waals surface area contributed by atoms with Crippen LogP contribution in [0.25, 0.3) is 0 Å². The second-order valence-electron chi connectivity index (χ2n) is 2.71. The fraction of sp³-hybridized carbons (Fsp3) is 0.833. The van der Waals surface area contributed by atoms with Crippen LogP contribution in [-0.2, 0) is 14.1 Å². The van der Waals surface area contributed by atoms with Crippen LogP contribution in [0.5, 0.6) is 0 Å². The molecule has 0 atom stereocenters. The van der Waals surface area contributed by atoms with Crippen molar-refractivity contribution in [2.75, 3.05) is 6.61 Å². The Morgan fingerprint density at radius 2 is 1.69 bits per heavy atom. The van der Waals surface area contributed by atoms with Crippen LogP contribution in [-0.4, -0.2) is 27.3 Å². The van der Waals surface area contributed by atoms with Crippen molar-refractivity contribution in [2.24, 2.45) is 5.92 Å². The predicted molar refractivity (Wildman–Crippen MR) is 45.7 cm³/mol. The first-order valence-electron chi connectivity index (χ1n) is 3.54. The lowest BCUT2D eigenvalue weighted by atomic mass is 10.2. The molecule has 0 aliphatic heterocycles. The first-order chi connectivity index (χ1) is 5.63. The van der Waals surface area contributed by atoms with Crippen molar-refractivity contribution in [3.63, 3.8) is 0 Å². The van der Waals surface area contributed by atoms with Gasteiger partial charge in [-0.3, -0.25) is 4.79 Å². The average molecular weight is 214 g/mol. The largest absolute Gasteiger partial charge is 0.466 e. The molecule has 0 aromatic heterocycles. The lowest BCUT2D eigenvalue weighted by Gasteiger charge is -2.02. The van der Waals surface area contributed by atoms with Gasteiger partial charge in [-0.05, 0) is 5.92 Å². The maximum atomic E-state index is 10.1. The highest BCUT2D eigenvalue weighted by Gasteiger charge is 2.00. The van der Waals surface area contributed by atoms with Gasteiger partial charge < -0.3 is 19.4 Å². The smallest absolute Gasteiger partial charge is 0.466 e. The summed E-state index contributed by atoms with van der Waals surface area (Å²) in [5.41, 5.74) is 0. The van der Waals surface area contributed by atoms with Crippen molar-refractivity contribution in [1.82, 2.24) is 0 Å². The lowest BCUT2D eigenvalue weighted by Crippen LogP contribution is -2.05. The highest BCUT2D eigenvalue weighted by Crippen LogP contribution is 2.25. The van der Waals surface area contributed by atoms with Crippen molar-refractivity contribution >= 4 is 13.8 Å². The van der Waals surface area contributed by atoms with Gasteiger partial charge in [0, 0.05) is 6.92 Å². The van der Waals surface area contributed by atoms with Crippen molar-refractivity contribution < 1.29 is 28.8 Å². The van der Waals surface area contributed by atoms with Crippen LogP contribution >= 0.6 is 7.82 Å². The van der Waals surface area contributed by atoms with E-state index in [4.69, 9.17) is 19.2 Å². The molecule has 0 aromatic rings. The van der Waals surface area contributed by atoms with E-state index in [0.717, 1.165) is 0 Å². The molecule has 0 spiro atoms. The van der Waals surface area contributed by atoms with E-state index in [0.29, 0.717) is 12.5 Å². The van der Waals surface area contributed by atoms with Gasteiger partial charge in [-0.25, -0.2) is 4.57 Å². The average Bonchev–Trinajstić information content (AvgIpc) is 1.79. The summed E-state index contributed by atoms with van der Waals surface area (Å²) in [5.74, 6) is 0.248. The molecular formula is C6H15O6P. The van der Waals surface area contributed by atoms with Crippen LogP contribution < -0.4 is 0 Å². The van der Waals surface area contributed by atoms with E-state index in [1.165, 1.54) is 6.92 Å². The Morgan fingerprint density at radius 3 is 1.77 bits per heavy atom. The first kappa shape index (κ1) is 15.1. The lowest BCUT2D eigenvalue weighted by molar-refractivity contribution is -0.141. The molecule has 0 bridgehead atoms. The molecule has 13 heavy (non-hydrogen) atoms. The fourth-order valence-corrected chi connectivity index (χ4v) is 0.284. The summed E-state index contributed by atoms with van der Waals surface area (Å²) in [6, 6.07) is 0. The molecule has 0 amide bonds. The fourth-order valence-electron chi connectivity index (χ4n) is 0.284. The third-order valence-corrected chi connectivity index (χ3v) is 0.620. The maximum Gasteiger partial charge on any atom is 0.466 e. The van der Waals surface area contributed by atoms with Gasteiger partial charge in [0.2, 0.25) is 0 Å². The number of ether oxygens (including phenoxy) is 1. The van der Waals surface area contributed by atoms with Crippen LogP contribution in [0, 0.1) is 5.92 Å². The molecule has 6 nitrogen and oxygen atoms in total. The zero-order chi connectivity index (χ0) is 11.1. The van der Waals surface area contributed by atoms with E-state index in [2.05, 4.69) is 4.74 Å². The third kappa shape index (κ3) is 50.7. The van der Waals surface area contributed by atoms with Crippen molar-refractivity contribution in [1.29, 1.82) is 0 Å². The second-order valence-corrected chi connectivity index (χ2v) is 3.74. The van der Waals surface area contributed by atoms with Gasteiger partial charge in [-0.15, -0.1) is 0 Å². The zero-order valence-electron chi connectivity index (χ0n) is 7.80. The van der Waals surface area contributed by atoms with Gasteiger partial charge in [0.05, 0.1) is 6.61 Å². The van der Waals surface area contributed by atoms with Crippen LogP contribution in [0.4, 0.5) is 0 Å². The number of phosphoric acid groups is 1. The Balaban J connectivity index is 0. The summed E-state index contributed by atoms with van der Waals surface area (Å²) in [4.78, 5) is 31.7. The summed E-state index contributed by atoms with van der Waals surface area (Å²) in [5, 5.41) is 0. The highest BCUT2D eigenvalue weighted by molar-refractivity contribution is 7.45. The minimum Gasteiger partial charge on any atom is -0.466 e. The number of carbonyl (C=O) groups excluding carboxylic acids is 1. The normalized spacial score (nSPS) is 10.4. The molecule has 0 rings (SSSR count). The number of hydrogen-bond donors (Lipinski definition) is 3. The molecule has 0 saturated heterocycles. The quantitative estimate of drug-likeness (QED) is 0.450. The van der Waals surface area contributed by atoms with Crippen LogP contribution in [0.3, 0.4) is 0 Å². The molecule has 80 valence electrons. The van der Waals surface area contributed by atoms with Gasteiger partial charge in [0.1, 0.15) is 0 Å². The van der Waals surface area contributed by atoms with Crippen LogP contribution in [0.15, 0.2) is 0 Å². The first-order valence-corrected chi connectivity index (χ1v) is 5.11. The third-order valence-electron chi connectivity index (χ3n) is 0.620. The highest BCUT2D eigenvalue weighted by atomic mass is 31.2. The standard InChI is InChI=1S/C6H12O2.H3O4P/c1-5(2)4-8-6(3)7;1-5(2,3)4/h5H,4H2,1-3H3;(H3,1,2,3,4). The van der Waals surface area contributed by atoms with Crippen molar-refractivity contribution in [2.45, 2.75) is 20.8 Å². The summed E-state index contributed by atoms with van der Waals surface area (Å²) in [6.07, 6.45) is 0. The summed E-state index contributed by atoms with van der Waals surface area (Å²) in [7, 11) is -4.64. The summed E-state index contributed by atoms with van der Waals surface area (Å²) >= 11 is 0. The molecule has 0 heterocycles. The molecular weight excluding hydrogens is 199 g/mol. The Morgan fingerprint density at radius 1 is 1.38 bits per heavy atom. The predicted octanol–water partition coefficient (Wildman–Crippen LogP) is 0.277. The molecule has 0 saturated carbocycles. The number of esters is 1. The molecule has 0 aliphatic carbocycles. The van der Waals surface area contributed by atoms with E-state index < -0.39 is 7.82 Å². The van der Waals surface area contributed by atoms with Gasteiger partial charge in [0.15, 0.2) is 0 Å². The van der Waals surface area contributed by atoms with Gasteiger partial charge in [0.25, 0.3) is 0 Å². The Kier molecular flexibility index (Phi) is 8.15. The molecule has 7 heteroatoms. The summed E-state index contributed by atoms with van der Waals surface area (Å²) < 4.78 is 13.5. The molecule has 0 unspecified atom stereocenters. The Labute approximate surface area is 76.8 Å². The topological polar surface area (TPSA) is 104 Å². The molecule has 3 N–H and O–H groups in total. The van der Waals surface area contributed by atoms with Crippen LogP contribution in [0.2, 0.25) is 0 Å². The Hall–Kier alpha value is -0.420. The monoisotopic (exact) mass is 214 g/mol. The van der Waals surface area contributed by atoms with Crippen molar-refractivity contribution in [3.8, 4) is 0 Å². The van der Waals surface area contributed by atoms with Gasteiger partial charge in [-0.2, -0.15) is 0 Å². The second kappa shape index (κ2) is 7.03. The molecule has 0 aliphatic rings. The van der Waals surface area contributed by atoms with Gasteiger partial charge in [-0.1, -0.05) is 13.8 Å². The molecule has 0 aromatic carbocycles.